The fourth-order valence-corrected chi connectivity index (χ4v) is 4.87. The first-order chi connectivity index (χ1) is 14.9. The molecule has 3 rings (SSSR count). The maximum atomic E-state index is 10.6. The van der Waals surface area contributed by atoms with E-state index in [1.807, 2.05) is 38.3 Å². The molecule has 1 aromatic carbocycles. The van der Waals surface area contributed by atoms with Crippen LogP contribution in [-0.4, -0.2) is 46.6 Å². The number of hydrogen-bond acceptors (Lipinski definition) is 5. The van der Waals surface area contributed by atoms with Crippen LogP contribution in [0.5, 0.6) is 0 Å². The van der Waals surface area contributed by atoms with Gasteiger partial charge in [-0.25, -0.2) is 0 Å². The third-order valence-electron chi connectivity index (χ3n) is 5.52. The molecule has 6 heteroatoms. The Morgan fingerprint density at radius 1 is 1.23 bits per heavy atom. The van der Waals surface area contributed by atoms with Crippen LogP contribution in [0.4, 0.5) is 0 Å². The molecular weight excluding hydrogens is 432 g/mol. The number of allylic oxidation sites excluding steroid dienone is 5. The smallest absolute Gasteiger partial charge is 0.111 e. The summed E-state index contributed by atoms with van der Waals surface area (Å²) < 4.78 is 12.0. The van der Waals surface area contributed by atoms with Crippen molar-refractivity contribution < 1.29 is 19.7 Å². The number of hydrogen-bond donors (Lipinski definition) is 2. The lowest BCUT2D eigenvalue weighted by Gasteiger charge is -2.37. The van der Waals surface area contributed by atoms with Crippen LogP contribution in [0.25, 0.3) is 0 Å². The molecule has 0 spiro atoms. The first-order valence-electron chi connectivity index (χ1n) is 10.8. The monoisotopic (exact) mass is 464 g/mol. The maximum Gasteiger partial charge on any atom is 0.111 e. The standard InChI is InChI=1S/C25H33ClO4S/c1-16(2)29-21-6-4-5-17(7-10-21)11-20-12-18(8-9-19(20)14-26)25-24(28)23(27)13-22(30-25)15-31-3/h4-5,7-10,12,16,22-25,27-28H,6,11,13-15H2,1-3H3/t22?,23?,24-,25?/m1/s1. The highest BCUT2D eigenvalue weighted by molar-refractivity contribution is 7.98. The lowest BCUT2D eigenvalue weighted by Crippen LogP contribution is -2.44. The predicted molar refractivity (Wildman–Crippen MR) is 128 cm³/mol. The van der Waals surface area contributed by atoms with E-state index in [0.29, 0.717) is 12.3 Å². The normalized spacial score (nSPS) is 26.4. The number of halogens is 1. The fraction of sp³-hybridized carbons (Fsp3) is 0.520. The zero-order chi connectivity index (χ0) is 22.4. The van der Waals surface area contributed by atoms with E-state index in [9.17, 15) is 10.2 Å². The quantitative estimate of drug-likeness (QED) is 0.525. The van der Waals surface area contributed by atoms with Gasteiger partial charge in [-0.2, -0.15) is 11.8 Å². The SMILES string of the molecule is CSCC1CC(O)[C@@H](O)C(c2ccc(CCl)c(CC3=CC=C(OC(C)C)CC=C3)c2)O1. The van der Waals surface area contributed by atoms with Gasteiger partial charge in [0.15, 0.2) is 0 Å². The van der Waals surface area contributed by atoms with E-state index >= 15 is 0 Å². The number of aliphatic hydroxyl groups is 2. The molecule has 1 fully saturated rings. The summed E-state index contributed by atoms with van der Waals surface area (Å²) >= 11 is 7.90. The summed E-state index contributed by atoms with van der Waals surface area (Å²) in [5.41, 5.74) is 4.19. The molecule has 1 aromatic rings. The Labute approximate surface area is 195 Å². The van der Waals surface area contributed by atoms with Crippen LogP contribution >= 0.6 is 23.4 Å². The Hall–Kier alpha value is -1.24. The molecule has 1 heterocycles. The van der Waals surface area contributed by atoms with Crippen LogP contribution in [0.1, 0.15) is 49.5 Å². The topological polar surface area (TPSA) is 58.9 Å². The largest absolute Gasteiger partial charge is 0.495 e. The number of benzene rings is 1. The minimum atomic E-state index is -0.941. The number of rotatable bonds is 8. The van der Waals surface area contributed by atoms with E-state index in [0.717, 1.165) is 46.6 Å². The molecule has 1 aliphatic heterocycles. The van der Waals surface area contributed by atoms with E-state index in [1.165, 1.54) is 0 Å². The van der Waals surface area contributed by atoms with Gasteiger partial charge in [0, 0.05) is 24.5 Å². The third-order valence-corrected chi connectivity index (χ3v) is 6.51. The van der Waals surface area contributed by atoms with Crippen LogP contribution in [0, 0.1) is 0 Å². The molecule has 170 valence electrons. The van der Waals surface area contributed by atoms with E-state index in [-0.39, 0.29) is 12.2 Å². The minimum absolute atomic E-state index is 0.0773. The molecule has 1 aliphatic carbocycles. The average Bonchev–Trinajstić information content (AvgIpc) is 2.95. The summed E-state index contributed by atoms with van der Waals surface area (Å²) in [7, 11) is 0. The molecular formula is C25H33ClO4S. The van der Waals surface area contributed by atoms with Gasteiger partial charge in [-0.15, -0.1) is 11.6 Å². The van der Waals surface area contributed by atoms with E-state index in [2.05, 4.69) is 24.3 Å². The second-order valence-electron chi connectivity index (χ2n) is 8.41. The highest BCUT2D eigenvalue weighted by Gasteiger charge is 2.37. The molecule has 1 saturated heterocycles. The van der Waals surface area contributed by atoms with Crippen molar-refractivity contribution in [1.82, 2.24) is 0 Å². The van der Waals surface area contributed by atoms with Gasteiger partial charge >= 0.3 is 0 Å². The van der Waals surface area contributed by atoms with Crippen molar-refractivity contribution in [3.05, 3.63) is 70.5 Å². The van der Waals surface area contributed by atoms with Crippen molar-refractivity contribution in [2.24, 2.45) is 0 Å². The second kappa shape index (κ2) is 11.6. The summed E-state index contributed by atoms with van der Waals surface area (Å²) in [4.78, 5) is 0. The van der Waals surface area contributed by atoms with Crippen LogP contribution in [0.2, 0.25) is 0 Å². The van der Waals surface area contributed by atoms with Crippen molar-refractivity contribution >= 4 is 23.4 Å². The molecule has 4 atom stereocenters. The molecule has 2 N–H and O–H groups in total. The van der Waals surface area contributed by atoms with Gasteiger partial charge < -0.3 is 19.7 Å². The summed E-state index contributed by atoms with van der Waals surface area (Å²) in [6.07, 6.45) is 10.1. The van der Waals surface area contributed by atoms with Gasteiger partial charge in [0.1, 0.15) is 18.0 Å². The average molecular weight is 465 g/mol. The molecule has 2 aliphatic rings. The summed E-state index contributed by atoms with van der Waals surface area (Å²) in [6.45, 7) is 4.06. The highest BCUT2D eigenvalue weighted by atomic mass is 35.5. The number of alkyl halides is 1. The molecule has 0 radical (unpaired) electrons. The van der Waals surface area contributed by atoms with Gasteiger partial charge in [0.2, 0.25) is 0 Å². The lowest BCUT2D eigenvalue weighted by molar-refractivity contribution is -0.164. The molecule has 31 heavy (non-hydrogen) atoms. The summed E-state index contributed by atoms with van der Waals surface area (Å²) in [6, 6.07) is 6.02. The van der Waals surface area contributed by atoms with Gasteiger partial charge in [-0.05, 0) is 54.9 Å². The molecule has 4 nitrogen and oxygen atoms in total. The van der Waals surface area contributed by atoms with Crippen molar-refractivity contribution in [2.75, 3.05) is 12.0 Å². The van der Waals surface area contributed by atoms with E-state index < -0.39 is 18.3 Å². The minimum Gasteiger partial charge on any atom is -0.495 e. The van der Waals surface area contributed by atoms with Gasteiger partial charge in [0.25, 0.3) is 0 Å². The second-order valence-corrected chi connectivity index (χ2v) is 9.59. The first-order valence-corrected chi connectivity index (χ1v) is 12.7. The lowest BCUT2D eigenvalue weighted by atomic mass is 9.90. The van der Waals surface area contributed by atoms with E-state index in [1.54, 1.807) is 11.8 Å². The van der Waals surface area contributed by atoms with Gasteiger partial charge in [-0.1, -0.05) is 36.4 Å². The van der Waals surface area contributed by atoms with Gasteiger partial charge in [-0.3, -0.25) is 0 Å². The predicted octanol–water partition coefficient (Wildman–Crippen LogP) is 5.08. The Morgan fingerprint density at radius 2 is 2.03 bits per heavy atom. The van der Waals surface area contributed by atoms with Crippen molar-refractivity contribution in [2.45, 2.75) is 69.5 Å². The number of thioether (sulfide) groups is 1. The fourth-order valence-electron chi connectivity index (χ4n) is 4.02. The van der Waals surface area contributed by atoms with Crippen LogP contribution in [0.15, 0.2) is 53.8 Å². The molecule has 0 bridgehead atoms. The maximum absolute atomic E-state index is 10.6. The number of ether oxygens (including phenoxy) is 2. The zero-order valence-corrected chi connectivity index (χ0v) is 20.0. The van der Waals surface area contributed by atoms with Crippen molar-refractivity contribution in [1.29, 1.82) is 0 Å². The van der Waals surface area contributed by atoms with Gasteiger partial charge in [0.05, 0.1) is 18.3 Å². The van der Waals surface area contributed by atoms with Crippen LogP contribution < -0.4 is 0 Å². The molecule has 3 unspecified atom stereocenters. The zero-order valence-electron chi connectivity index (χ0n) is 18.5. The first kappa shape index (κ1) is 24.4. The van der Waals surface area contributed by atoms with E-state index in [4.69, 9.17) is 21.1 Å². The molecule has 0 amide bonds. The Morgan fingerprint density at radius 3 is 2.74 bits per heavy atom. The molecule has 0 aromatic heterocycles. The van der Waals surface area contributed by atoms with Crippen LogP contribution in [-0.2, 0) is 21.8 Å². The summed E-state index contributed by atoms with van der Waals surface area (Å²) in [5, 5.41) is 21.0. The summed E-state index contributed by atoms with van der Waals surface area (Å²) in [5.74, 6) is 2.16. The Kier molecular flexibility index (Phi) is 9.11. The third kappa shape index (κ3) is 6.62. The molecule has 0 saturated carbocycles. The van der Waals surface area contributed by atoms with Crippen molar-refractivity contribution in [3.63, 3.8) is 0 Å². The van der Waals surface area contributed by atoms with Crippen LogP contribution in [0.3, 0.4) is 0 Å². The highest BCUT2D eigenvalue weighted by Crippen LogP contribution is 2.34. The Balaban J connectivity index is 1.84. The Bertz CT molecular complexity index is 833. The number of aliphatic hydroxyl groups excluding tert-OH is 2. The van der Waals surface area contributed by atoms with Crippen molar-refractivity contribution in [3.8, 4) is 0 Å².